The first-order valence-electron chi connectivity index (χ1n) is 11.2. The summed E-state index contributed by atoms with van der Waals surface area (Å²) in [6.45, 7) is -0.318. The largest absolute Gasteiger partial charge is 0.452 e. The van der Waals surface area contributed by atoms with Gasteiger partial charge >= 0.3 is 5.97 Å². The summed E-state index contributed by atoms with van der Waals surface area (Å²) < 4.78 is 18.6. The highest BCUT2D eigenvalue weighted by atomic mass is 19.1. The SMILES string of the molecule is CN(Cc1ccc(F)cc1)C(=O)COC(=O)C12CCC(=O)N1c1ccccc1C(=O)N2C1CC1. The Morgan fingerprint density at radius 1 is 1.12 bits per heavy atom. The van der Waals surface area contributed by atoms with Gasteiger partial charge in [0.2, 0.25) is 11.6 Å². The molecule has 5 rings (SSSR count). The number of anilines is 1. The zero-order chi connectivity index (χ0) is 24.0. The number of benzene rings is 2. The molecule has 3 amide bonds. The summed E-state index contributed by atoms with van der Waals surface area (Å²) >= 11 is 0. The number of halogens is 1. The predicted octanol–water partition coefficient (Wildman–Crippen LogP) is 2.47. The number of hydrogen-bond donors (Lipinski definition) is 0. The van der Waals surface area contributed by atoms with E-state index >= 15 is 0 Å². The lowest BCUT2D eigenvalue weighted by atomic mass is 9.96. The van der Waals surface area contributed by atoms with Crippen LogP contribution in [0, 0.1) is 5.82 Å². The molecule has 34 heavy (non-hydrogen) atoms. The van der Waals surface area contributed by atoms with Crippen LogP contribution < -0.4 is 4.90 Å². The van der Waals surface area contributed by atoms with E-state index in [0.29, 0.717) is 11.3 Å². The number of likely N-dealkylation sites (N-methyl/N-ethyl adjacent to an activating group) is 1. The van der Waals surface area contributed by atoms with Gasteiger partial charge in [-0.3, -0.25) is 19.3 Å². The van der Waals surface area contributed by atoms with Gasteiger partial charge in [0.1, 0.15) is 5.82 Å². The van der Waals surface area contributed by atoms with Crippen molar-refractivity contribution < 1.29 is 28.3 Å². The van der Waals surface area contributed by atoms with Gasteiger partial charge in [0.25, 0.3) is 11.8 Å². The molecule has 3 aliphatic rings. The van der Waals surface area contributed by atoms with Gasteiger partial charge in [-0.05, 0) is 42.7 Å². The van der Waals surface area contributed by atoms with E-state index in [9.17, 15) is 23.6 Å². The minimum atomic E-state index is -1.58. The molecule has 0 radical (unpaired) electrons. The van der Waals surface area contributed by atoms with Crippen molar-refractivity contribution in [1.29, 1.82) is 0 Å². The molecule has 1 unspecified atom stereocenters. The van der Waals surface area contributed by atoms with Crippen molar-refractivity contribution in [2.45, 2.75) is 43.9 Å². The number of fused-ring (bicyclic) bond motifs is 3. The van der Waals surface area contributed by atoms with Crippen LogP contribution in [0.3, 0.4) is 0 Å². The fourth-order valence-electron chi connectivity index (χ4n) is 4.82. The van der Waals surface area contributed by atoms with E-state index in [-0.39, 0.29) is 43.1 Å². The third kappa shape index (κ3) is 3.52. The van der Waals surface area contributed by atoms with Crippen molar-refractivity contribution in [2.24, 2.45) is 0 Å². The van der Waals surface area contributed by atoms with Crippen molar-refractivity contribution >= 4 is 29.4 Å². The van der Waals surface area contributed by atoms with Crippen LogP contribution in [0.2, 0.25) is 0 Å². The molecule has 1 saturated carbocycles. The lowest BCUT2D eigenvalue weighted by Crippen LogP contribution is -2.69. The molecule has 0 bridgehead atoms. The molecule has 2 heterocycles. The maximum atomic E-state index is 13.5. The van der Waals surface area contributed by atoms with E-state index in [1.165, 1.54) is 26.8 Å². The fraction of sp³-hybridized carbons (Fsp3) is 0.360. The molecule has 0 aromatic heterocycles. The van der Waals surface area contributed by atoms with E-state index in [1.54, 1.807) is 43.4 Å². The third-order valence-electron chi connectivity index (χ3n) is 6.62. The molecule has 176 valence electrons. The van der Waals surface area contributed by atoms with Crippen LogP contribution in [0.4, 0.5) is 10.1 Å². The Morgan fingerprint density at radius 3 is 2.53 bits per heavy atom. The summed E-state index contributed by atoms with van der Waals surface area (Å²) in [6, 6.07) is 12.4. The van der Waals surface area contributed by atoms with Gasteiger partial charge in [0, 0.05) is 32.5 Å². The minimum absolute atomic E-state index is 0.0956. The first-order valence-corrected chi connectivity index (χ1v) is 11.2. The number of para-hydroxylation sites is 1. The van der Waals surface area contributed by atoms with Crippen LogP contribution in [0.25, 0.3) is 0 Å². The van der Waals surface area contributed by atoms with Gasteiger partial charge in [-0.2, -0.15) is 0 Å². The van der Waals surface area contributed by atoms with Crippen molar-refractivity contribution in [3.05, 3.63) is 65.5 Å². The predicted molar refractivity (Wildman–Crippen MR) is 119 cm³/mol. The van der Waals surface area contributed by atoms with Crippen molar-refractivity contribution in [3.63, 3.8) is 0 Å². The maximum Gasteiger partial charge on any atom is 0.354 e. The number of rotatable bonds is 6. The van der Waals surface area contributed by atoms with Crippen LogP contribution in [0.1, 0.15) is 41.6 Å². The van der Waals surface area contributed by atoms with Crippen molar-refractivity contribution in [2.75, 3.05) is 18.6 Å². The zero-order valence-corrected chi connectivity index (χ0v) is 18.7. The molecule has 2 aromatic rings. The highest BCUT2D eigenvalue weighted by molar-refractivity contribution is 6.15. The summed E-state index contributed by atoms with van der Waals surface area (Å²) in [5, 5.41) is 0. The Labute approximate surface area is 195 Å². The van der Waals surface area contributed by atoms with E-state index in [4.69, 9.17) is 4.74 Å². The lowest BCUT2D eigenvalue weighted by molar-refractivity contribution is -0.162. The molecule has 0 N–H and O–H groups in total. The number of esters is 1. The monoisotopic (exact) mass is 465 g/mol. The Kier molecular flexibility index (Phi) is 5.34. The molecule has 2 aromatic carbocycles. The average Bonchev–Trinajstić information content (AvgIpc) is 3.61. The van der Waals surface area contributed by atoms with Gasteiger partial charge in [-0.15, -0.1) is 0 Å². The van der Waals surface area contributed by atoms with Gasteiger partial charge < -0.3 is 14.5 Å². The Morgan fingerprint density at radius 2 is 1.82 bits per heavy atom. The summed E-state index contributed by atoms with van der Waals surface area (Å²) in [7, 11) is 1.56. The standard InChI is InChI=1S/C25H24FN3O5/c1-27(14-16-6-8-17(26)9-7-16)22(31)15-34-24(33)25-13-12-21(30)29(25)20-5-3-2-4-19(20)23(32)28(25)18-10-11-18/h2-9,18H,10-15H2,1H3. The highest BCUT2D eigenvalue weighted by Gasteiger charge is 2.64. The highest BCUT2D eigenvalue weighted by Crippen LogP contribution is 2.49. The minimum Gasteiger partial charge on any atom is -0.452 e. The molecule has 8 nitrogen and oxygen atoms in total. The number of carbonyl (C=O) groups is 4. The molecule has 2 fully saturated rings. The van der Waals surface area contributed by atoms with E-state index in [0.717, 1.165) is 18.4 Å². The second-order valence-electron chi connectivity index (χ2n) is 8.92. The fourth-order valence-corrected chi connectivity index (χ4v) is 4.82. The molecule has 1 aliphatic carbocycles. The van der Waals surface area contributed by atoms with E-state index in [2.05, 4.69) is 0 Å². The van der Waals surface area contributed by atoms with E-state index in [1.807, 2.05) is 0 Å². The number of ether oxygens (including phenoxy) is 1. The third-order valence-corrected chi connectivity index (χ3v) is 6.62. The van der Waals surface area contributed by atoms with Gasteiger partial charge in [-0.25, -0.2) is 9.18 Å². The maximum absolute atomic E-state index is 13.5. The van der Waals surface area contributed by atoms with Gasteiger partial charge in [0.15, 0.2) is 6.61 Å². The quantitative estimate of drug-likeness (QED) is 0.612. The first kappa shape index (κ1) is 22.1. The van der Waals surface area contributed by atoms with Crippen LogP contribution >= 0.6 is 0 Å². The molecular weight excluding hydrogens is 441 g/mol. The Balaban J connectivity index is 1.37. The smallest absolute Gasteiger partial charge is 0.354 e. The van der Waals surface area contributed by atoms with E-state index < -0.39 is 24.1 Å². The summed E-state index contributed by atoms with van der Waals surface area (Å²) in [6.07, 6.45) is 1.69. The van der Waals surface area contributed by atoms with Gasteiger partial charge in [0.05, 0.1) is 11.3 Å². The zero-order valence-electron chi connectivity index (χ0n) is 18.7. The summed E-state index contributed by atoms with van der Waals surface area (Å²) in [5.41, 5.74) is -0.0876. The van der Waals surface area contributed by atoms with Crippen LogP contribution in [-0.4, -0.2) is 58.8 Å². The average molecular weight is 465 g/mol. The van der Waals surface area contributed by atoms with Crippen LogP contribution in [0.5, 0.6) is 0 Å². The van der Waals surface area contributed by atoms with Crippen LogP contribution in [0.15, 0.2) is 48.5 Å². The number of amides is 3. The molecule has 2 aliphatic heterocycles. The summed E-state index contributed by atoms with van der Waals surface area (Å²) in [5.74, 6) is -2.17. The van der Waals surface area contributed by atoms with Gasteiger partial charge in [-0.1, -0.05) is 24.3 Å². The lowest BCUT2D eigenvalue weighted by Gasteiger charge is -2.48. The Hall–Kier alpha value is -3.75. The number of nitrogens with zero attached hydrogens (tertiary/aromatic N) is 3. The molecule has 0 spiro atoms. The molecular formula is C25H24FN3O5. The normalized spacial score (nSPS) is 21.2. The first-order chi connectivity index (χ1) is 16.3. The Bertz CT molecular complexity index is 1180. The van der Waals surface area contributed by atoms with Crippen LogP contribution in [-0.2, 0) is 25.7 Å². The molecule has 1 saturated heterocycles. The summed E-state index contributed by atoms with van der Waals surface area (Å²) in [4.78, 5) is 56.8. The topological polar surface area (TPSA) is 87.2 Å². The molecule has 1 atom stereocenters. The van der Waals surface area contributed by atoms with Crippen molar-refractivity contribution in [3.8, 4) is 0 Å². The molecule has 9 heteroatoms. The second-order valence-corrected chi connectivity index (χ2v) is 8.92. The number of carbonyl (C=O) groups excluding carboxylic acids is 4. The number of hydrogen-bond acceptors (Lipinski definition) is 5. The second kappa shape index (κ2) is 8.23. The van der Waals surface area contributed by atoms with Crippen molar-refractivity contribution in [1.82, 2.24) is 9.80 Å².